The lowest BCUT2D eigenvalue weighted by Crippen LogP contribution is -2.16. The molecule has 0 aliphatic heterocycles. The molecule has 1 amide bonds. The summed E-state index contributed by atoms with van der Waals surface area (Å²) in [5, 5.41) is 12.3. The smallest absolute Gasteiger partial charge is 0.410 e. The molecule has 1 unspecified atom stereocenters. The third kappa shape index (κ3) is 11.8. The quantitative estimate of drug-likeness (QED) is 0.290. The predicted octanol–water partition coefficient (Wildman–Crippen LogP) is 5.98. The van der Waals surface area contributed by atoms with Gasteiger partial charge in [0, 0.05) is 31.0 Å². The molecular formula is C30H39NO7. The molecule has 2 N–H and O–H groups in total. The summed E-state index contributed by atoms with van der Waals surface area (Å²) >= 11 is 0. The van der Waals surface area contributed by atoms with E-state index in [2.05, 4.69) is 36.7 Å². The molecule has 2 rings (SSSR count). The summed E-state index contributed by atoms with van der Waals surface area (Å²) in [4.78, 5) is 34.2. The van der Waals surface area contributed by atoms with Crippen LogP contribution < -0.4 is 15.7 Å². The van der Waals surface area contributed by atoms with Crippen molar-refractivity contribution in [3.63, 3.8) is 0 Å². The van der Waals surface area contributed by atoms with Gasteiger partial charge in [0.15, 0.2) is 5.78 Å². The zero-order valence-corrected chi connectivity index (χ0v) is 23.1. The van der Waals surface area contributed by atoms with Crippen molar-refractivity contribution in [3.8, 4) is 23.8 Å². The van der Waals surface area contributed by atoms with E-state index in [1.807, 2.05) is 31.2 Å². The third-order valence-electron chi connectivity index (χ3n) is 5.21. The molecule has 0 aliphatic carbocycles. The fraction of sp³-hybridized carbons (Fsp3) is 0.433. The highest BCUT2D eigenvalue weighted by molar-refractivity contribution is 5.97. The number of carbonyl (C=O) groups excluding carboxylic acids is 2. The SMILES string of the molecule is C#CCc1ccc(OCC(C)(C)C)cc1.CCC(=O)c1c(O)cc(C(C)CC/C=C/NC(=O)OC)oc1=O. The molecule has 0 saturated heterocycles. The first-order valence-corrected chi connectivity index (χ1v) is 12.5. The molecule has 0 aliphatic rings. The van der Waals surface area contributed by atoms with Gasteiger partial charge in [0.2, 0.25) is 0 Å². The van der Waals surface area contributed by atoms with Gasteiger partial charge in [0.05, 0.1) is 13.7 Å². The Hall–Kier alpha value is -3.99. The molecule has 8 heteroatoms. The van der Waals surface area contributed by atoms with Crippen molar-refractivity contribution in [2.24, 2.45) is 5.41 Å². The number of allylic oxidation sites excluding steroid dienone is 1. The molecule has 1 aromatic carbocycles. The number of hydrogen-bond acceptors (Lipinski definition) is 7. The second-order valence-corrected chi connectivity index (χ2v) is 9.86. The molecule has 1 atom stereocenters. The van der Waals surface area contributed by atoms with E-state index in [0.29, 0.717) is 25.0 Å². The second kappa shape index (κ2) is 16.0. The van der Waals surface area contributed by atoms with Crippen molar-refractivity contribution in [2.75, 3.05) is 13.7 Å². The van der Waals surface area contributed by atoms with E-state index in [0.717, 1.165) is 17.9 Å². The molecular weight excluding hydrogens is 486 g/mol. The Morgan fingerprint density at radius 2 is 1.89 bits per heavy atom. The Morgan fingerprint density at radius 1 is 1.24 bits per heavy atom. The first-order valence-electron chi connectivity index (χ1n) is 12.5. The van der Waals surface area contributed by atoms with Gasteiger partial charge < -0.3 is 19.0 Å². The molecule has 0 bridgehead atoms. The van der Waals surface area contributed by atoms with Gasteiger partial charge in [-0.1, -0.05) is 52.8 Å². The molecule has 0 fully saturated rings. The number of rotatable bonds is 10. The van der Waals surface area contributed by atoms with Crippen molar-refractivity contribution < 1.29 is 28.6 Å². The van der Waals surface area contributed by atoms with Crippen LogP contribution in [-0.2, 0) is 11.2 Å². The topological polar surface area (TPSA) is 115 Å². The number of ketones is 1. The summed E-state index contributed by atoms with van der Waals surface area (Å²) in [6.45, 7) is 10.6. The fourth-order valence-corrected chi connectivity index (χ4v) is 3.05. The number of alkyl carbamates (subject to hydrolysis) is 1. The molecule has 8 nitrogen and oxygen atoms in total. The van der Waals surface area contributed by atoms with Crippen molar-refractivity contribution in [1.82, 2.24) is 5.32 Å². The van der Waals surface area contributed by atoms with Gasteiger partial charge in [-0.2, -0.15) is 0 Å². The lowest BCUT2D eigenvalue weighted by Gasteiger charge is -2.18. The highest BCUT2D eigenvalue weighted by Gasteiger charge is 2.19. The number of ether oxygens (including phenoxy) is 2. The Bertz CT molecular complexity index is 1170. The number of aromatic hydroxyl groups is 1. The Labute approximate surface area is 225 Å². The van der Waals surface area contributed by atoms with Crippen LogP contribution in [-0.4, -0.2) is 30.7 Å². The van der Waals surface area contributed by atoms with Crippen LogP contribution in [0.5, 0.6) is 11.5 Å². The van der Waals surface area contributed by atoms with Crippen molar-refractivity contribution >= 4 is 11.9 Å². The summed E-state index contributed by atoms with van der Waals surface area (Å²) in [6.07, 6.45) is 9.92. The van der Waals surface area contributed by atoms with Crippen molar-refractivity contribution in [1.29, 1.82) is 0 Å². The fourth-order valence-electron chi connectivity index (χ4n) is 3.05. The van der Waals surface area contributed by atoms with E-state index >= 15 is 0 Å². The molecule has 206 valence electrons. The first-order chi connectivity index (χ1) is 17.9. The minimum atomic E-state index is -0.818. The lowest BCUT2D eigenvalue weighted by molar-refractivity contribution is 0.0980. The summed E-state index contributed by atoms with van der Waals surface area (Å²) < 4.78 is 15.2. The number of benzene rings is 1. The number of nitrogens with one attached hydrogen (secondary N) is 1. The van der Waals surface area contributed by atoms with Gasteiger partial charge in [0.25, 0.3) is 0 Å². The largest absolute Gasteiger partial charge is 0.507 e. The van der Waals surface area contributed by atoms with E-state index < -0.39 is 17.5 Å². The van der Waals surface area contributed by atoms with Crippen LogP contribution in [0.25, 0.3) is 0 Å². The van der Waals surface area contributed by atoms with Crippen molar-refractivity contribution in [3.05, 3.63) is 69.9 Å². The normalized spacial score (nSPS) is 11.6. The van der Waals surface area contributed by atoms with Gasteiger partial charge in [-0.25, -0.2) is 9.59 Å². The Morgan fingerprint density at radius 3 is 2.42 bits per heavy atom. The number of methoxy groups -OCH3 is 1. The maximum absolute atomic E-state index is 11.8. The third-order valence-corrected chi connectivity index (χ3v) is 5.21. The number of terminal acetylenes is 1. The minimum absolute atomic E-state index is 0.116. The average molecular weight is 526 g/mol. The zero-order valence-electron chi connectivity index (χ0n) is 23.1. The standard InChI is InChI=1S/C16H21NO6.C14H18O/c1-4-11(18)14-12(19)9-13(23-15(14)20)10(2)7-5-6-8-17-16(21)22-3;1-5-6-12-7-9-13(10-8-12)15-11-14(2,3)4/h6,8-10,19H,4-5,7H2,1-3H3,(H,17,21);1,7-10H,6,11H2,2-4H3/b8-6+;. The van der Waals surface area contributed by atoms with E-state index in [4.69, 9.17) is 15.6 Å². The van der Waals surface area contributed by atoms with Gasteiger partial charge in [-0.05, 0) is 36.0 Å². The predicted molar refractivity (Wildman–Crippen MR) is 148 cm³/mol. The molecule has 1 heterocycles. The van der Waals surface area contributed by atoms with E-state index in [1.165, 1.54) is 19.4 Å². The molecule has 0 saturated carbocycles. The molecule has 0 radical (unpaired) electrons. The zero-order chi connectivity index (χ0) is 28.7. The Kier molecular flexibility index (Phi) is 13.5. The maximum atomic E-state index is 11.8. The summed E-state index contributed by atoms with van der Waals surface area (Å²) in [5.41, 5.74) is 0.227. The average Bonchev–Trinajstić information content (AvgIpc) is 2.87. The summed E-state index contributed by atoms with van der Waals surface area (Å²) in [5.74, 6) is 2.90. The summed E-state index contributed by atoms with van der Waals surface area (Å²) in [6, 6.07) is 9.28. The van der Waals surface area contributed by atoms with Gasteiger partial charge in [0.1, 0.15) is 22.8 Å². The van der Waals surface area contributed by atoms with Crippen LogP contribution >= 0.6 is 0 Å². The van der Waals surface area contributed by atoms with E-state index in [9.17, 15) is 19.5 Å². The van der Waals surface area contributed by atoms with Gasteiger partial charge in [-0.15, -0.1) is 12.3 Å². The van der Waals surface area contributed by atoms with Crippen molar-refractivity contribution in [2.45, 2.75) is 66.2 Å². The number of hydrogen-bond donors (Lipinski definition) is 2. The highest BCUT2D eigenvalue weighted by Crippen LogP contribution is 2.25. The molecule has 0 spiro atoms. The van der Waals surface area contributed by atoms with Crippen LogP contribution in [0.1, 0.15) is 81.5 Å². The monoisotopic (exact) mass is 525 g/mol. The number of amides is 1. The second-order valence-electron chi connectivity index (χ2n) is 9.86. The van der Waals surface area contributed by atoms with Crippen LogP contribution in [0.2, 0.25) is 0 Å². The van der Waals surface area contributed by atoms with Gasteiger partial charge in [-0.3, -0.25) is 10.1 Å². The van der Waals surface area contributed by atoms with Crippen LogP contribution in [0.15, 0.2) is 51.8 Å². The summed E-state index contributed by atoms with van der Waals surface area (Å²) in [7, 11) is 1.27. The van der Waals surface area contributed by atoms with Crippen LogP contribution in [0.3, 0.4) is 0 Å². The van der Waals surface area contributed by atoms with E-state index in [-0.39, 0.29) is 29.1 Å². The molecule has 2 aromatic rings. The minimum Gasteiger partial charge on any atom is -0.507 e. The maximum Gasteiger partial charge on any atom is 0.410 e. The molecule has 1 aromatic heterocycles. The Balaban J connectivity index is 0.000000415. The van der Waals surface area contributed by atoms with E-state index in [1.54, 1.807) is 13.0 Å². The van der Waals surface area contributed by atoms with Crippen LogP contribution in [0.4, 0.5) is 4.79 Å². The van der Waals surface area contributed by atoms with Gasteiger partial charge >= 0.3 is 11.7 Å². The first kappa shape index (κ1) is 32.0. The number of carbonyl (C=O) groups is 2. The molecule has 38 heavy (non-hydrogen) atoms. The lowest BCUT2D eigenvalue weighted by atomic mass is 9.99. The highest BCUT2D eigenvalue weighted by atomic mass is 16.5. The van der Waals surface area contributed by atoms with Crippen LogP contribution in [0, 0.1) is 17.8 Å². The number of Topliss-reactive ketones (excluding diaryl/α,β-unsaturated/α-hetero) is 1.